The first-order chi connectivity index (χ1) is 9.47. The Kier molecular flexibility index (Phi) is 4.70. The van der Waals surface area contributed by atoms with Crippen LogP contribution in [0.15, 0.2) is 53.0 Å². The lowest BCUT2D eigenvalue weighted by Crippen LogP contribution is -2.12. The number of benzene rings is 2. The van der Waals surface area contributed by atoms with Crippen molar-refractivity contribution < 1.29 is 13.2 Å². The molecule has 20 heavy (non-hydrogen) atoms. The van der Waals surface area contributed by atoms with Crippen LogP contribution in [0.4, 0.5) is 18.9 Å². The fraction of sp³-hybridized carbons (Fsp3) is 0.200. The molecule has 106 valence electrons. The molecule has 0 atom stereocenters. The van der Waals surface area contributed by atoms with Gasteiger partial charge in [-0.3, -0.25) is 0 Å². The van der Waals surface area contributed by atoms with Crippen molar-refractivity contribution in [1.29, 1.82) is 0 Å². The molecule has 0 aliphatic heterocycles. The van der Waals surface area contributed by atoms with Gasteiger partial charge in [0.2, 0.25) is 0 Å². The molecule has 0 aliphatic rings. The highest BCUT2D eigenvalue weighted by Crippen LogP contribution is 2.36. The molecule has 0 saturated carbocycles. The highest BCUT2D eigenvalue weighted by atomic mass is 79.9. The fourth-order valence-electron chi connectivity index (χ4n) is 1.90. The number of nitrogens with one attached hydrogen (secondary N) is 1. The van der Waals surface area contributed by atoms with Gasteiger partial charge in [-0.25, -0.2) is 0 Å². The topological polar surface area (TPSA) is 12.0 Å². The molecule has 0 fully saturated rings. The third-order valence-electron chi connectivity index (χ3n) is 2.86. The number of anilines is 1. The van der Waals surface area contributed by atoms with E-state index < -0.39 is 11.7 Å². The Labute approximate surface area is 123 Å². The van der Waals surface area contributed by atoms with E-state index in [2.05, 4.69) is 21.2 Å². The van der Waals surface area contributed by atoms with Gasteiger partial charge in [0, 0.05) is 16.7 Å². The molecule has 1 N–H and O–H groups in total. The maximum absolute atomic E-state index is 12.9. The fourth-order valence-corrected chi connectivity index (χ4v) is 2.26. The minimum absolute atomic E-state index is 0.0998. The molecular weight excluding hydrogens is 331 g/mol. The molecule has 5 heteroatoms. The highest BCUT2D eigenvalue weighted by molar-refractivity contribution is 9.10. The first kappa shape index (κ1) is 14.9. The number of halogens is 4. The van der Waals surface area contributed by atoms with Gasteiger partial charge in [-0.05, 0) is 30.2 Å². The van der Waals surface area contributed by atoms with Crippen LogP contribution in [-0.2, 0) is 12.6 Å². The predicted molar refractivity (Wildman–Crippen MR) is 77.8 cm³/mol. The number of alkyl halides is 3. The molecule has 0 saturated heterocycles. The zero-order valence-corrected chi connectivity index (χ0v) is 12.1. The summed E-state index contributed by atoms with van der Waals surface area (Å²) in [5, 5.41) is 2.86. The molecule has 0 aromatic heterocycles. The molecule has 0 aliphatic carbocycles. The lowest BCUT2D eigenvalue weighted by Gasteiger charge is -2.15. The molecule has 0 radical (unpaired) electrons. The first-order valence-electron chi connectivity index (χ1n) is 6.11. The number of hydrogen-bond acceptors (Lipinski definition) is 1. The molecule has 2 aromatic carbocycles. The minimum atomic E-state index is -4.35. The summed E-state index contributed by atoms with van der Waals surface area (Å²) in [6.45, 7) is 0.448. The average molecular weight is 344 g/mol. The Balaban J connectivity index is 2.07. The van der Waals surface area contributed by atoms with E-state index in [4.69, 9.17) is 0 Å². The van der Waals surface area contributed by atoms with Gasteiger partial charge in [0.05, 0.1) is 5.56 Å². The summed E-state index contributed by atoms with van der Waals surface area (Å²) in [6.07, 6.45) is -3.68. The van der Waals surface area contributed by atoms with E-state index >= 15 is 0 Å². The Morgan fingerprint density at radius 2 is 1.70 bits per heavy atom. The van der Waals surface area contributed by atoms with Crippen LogP contribution in [0.25, 0.3) is 0 Å². The van der Waals surface area contributed by atoms with Crippen molar-refractivity contribution >= 4 is 21.6 Å². The second kappa shape index (κ2) is 6.31. The van der Waals surface area contributed by atoms with Gasteiger partial charge in [-0.1, -0.05) is 46.3 Å². The molecule has 0 unspecified atom stereocenters. The Morgan fingerprint density at radius 1 is 1.00 bits per heavy atom. The lowest BCUT2D eigenvalue weighted by atomic mass is 10.1. The van der Waals surface area contributed by atoms with Crippen LogP contribution < -0.4 is 5.32 Å². The molecule has 0 heterocycles. The maximum atomic E-state index is 12.9. The number of rotatable bonds is 4. The predicted octanol–water partition coefficient (Wildman–Crippen LogP) is 5.12. The van der Waals surface area contributed by atoms with Crippen LogP contribution in [0.1, 0.15) is 11.1 Å². The molecule has 2 rings (SSSR count). The summed E-state index contributed by atoms with van der Waals surface area (Å²) in [5.74, 6) is 0. The van der Waals surface area contributed by atoms with Gasteiger partial charge >= 0.3 is 6.18 Å². The summed E-state index contributed by atoms with van der Waals surface area (Å²) < 4.78 is 39.2. The summed E-state index contributed by atoms with van der Waals surface area (Å²) in [7, 11) is 0. The van der Waals surface area contributed by atoms with E-state index in [1.807, 2.05) is 30.3 Å². The second-order valence-corrected chi connectivity index (χ2v) is 5.27. The van der Waals surface area contributed by atoms with Crippen LogP contribution in [0.5, 0.6) is 0 Å². The van der Waals surface area contributed by atoms with E-state index in [0.717, 1.165) is 11.6 Å². The molecule has 0 spiro atoms. The summed E-state index contributed by atoms with van der Waals surface area (Å²) >= 11 is 3.19. The van der Waals surface area contributed by atoms with Crippen LogP contribution in [0.2, 0.25) is 0 Å². The standard InChI is InChI=1S/C15H13BrF3N/c16-12-6-7-13(15(17,18)19)14(10-12)20-9-8-11-4-2-1-3-5-11/h1-7,10,20H,8-9H2. The zero-order chi connectivity index (χ0) is 14.6. The van der Waals surface area contributed by atoms with Crippen LogP contribution in [-0.4, -0.2) is 6.54 Å². The van der Waals surface area contributed by atoms with Crippen LogP contribution in [0.3, 0.4) is 0 Å². The van der Waals surface area contributed by atoms with E-state index in [0.29, 0.717) is 17.4 Å². The van der Waals surface area contributed by atoms with Crippen molar-refractivity contribution in [2.75, 3.05) is 11.9 Å². The Bertz CT molecular complexity index is 567. The minimum Gasteiger partial charge on any atom is -0.384 e. The number of hydrogen-bond donors (Lipinski definition) is 1. The van der Waals surface area contributed by atoms with Crippen molar-refractivity contribution in [2.24, 2.45) is 0 Å². The molecule has 0 bridgehead atoms. The van der Waals surface area contributed by atoms with Crippen molar-refractivity contribution in [1.82, 2.24) is 0 Å². The van der Waals surface area contributed by atoms with Crippen molar-refractivity contribution in [3.05, 3.63) is 64.1 Å². The van der Waals surface area contributed by atoms with Gasteiger partial charge in [-0.2, -0.15) is 13.2 Å². The molecular formula is C15H13BrF3N. The van der Waals surface area contributed by atoms with E-state index in [-0.39, 0.29) is 5.69 Å². The normalized spacial score (nSPS) is 11.4. The third kappa shape index (κ3) is 4.00. The molecule has 1 nitrogen and oxygen atoms in total. The quantitative estimate of drug-likeness (QED) is 0.812. The average Bonchev–Trinajstić information content (AvgIpc) is 2.38. The monoisotopic (exact) mass is 343 g/mol. The van der Waals surface area contributed by atoms with Crippen LogP contribution >= 0.6 is 15.9 Å². The van der Waals surface area contributed by atoms with Gasteiger partial charge in [0.25, 0.3) is 0 Å². The van der Waals surface area contributed by atoms with Gasteiger partial charge in [0.15, 0.2) is 0 Å². The second-order valence-electron chi connectivity index (χ2n) is 4.35. The first-order valence-corrected chi connectivity index (χ1v) is 6.90. The van der Waals surface area contributed by atoms with E-state index in [1.54, 1.807) is 0 Å². The van der Waals surface area contributed by atoms with Gasteiger partial charge < -0.3 is 5.32 Å². The van der Waals surface area contributed by atoms with Gasteiger partial charge in [-0.15, -0.1) is 0 Å². The van der Waals surface area contributed by atoms with Crippen molar-refractivity contribution in [2.45, 2.75) is 12.6 Å². The highest BCUT2D eigenvalue weighted by Gasteiger charge is 2.33. The third-order valence-corrected chi connectivity index (χ3v) is 3.35. The van der Waals surface area contributed by atoms with E-state index in [9.17, 15) is 13.2 Å². The summed E-state index contributed by atoms with van der Waals surface area (Å²) in [5.41, 5.74) is 0.542. The summed E-state index contributed by atoms with van der Waals surface area (Å²) in [4.78, 5) is 0. The van der Waals surface area contributed by atoms with Crippen molar-refractivity contribution in [3.63, 3.8) is 0 Å². The SMILES string of the molecule is FC(F)(F)c1ccc(Br)cc1NCCc1ccccc1. The lowest BCUT2D eigenvalue weighted by molar-refractivity contribution is -0.136. The van der Waals surface area contributed by atoms with Gasteiger partial charge in [0.1, 0.15) is 0 Å². The maximum Gasteiger partial charge on any atom is 0.418 e. The molecule has 2 aromatic rings. The molecule has 0 amide bonds. The zero-order valence-electron chi connectivity index (χ0n) is 10.5. The van der Waals surface area contributed by atoms with E-state index in [1.165, 1.54) is 12.1 Å². The largest absolute Gasteiger partial charge is 0.418 e. The smallest absolute Gasteiger partial charge is 0.384 e. The van der Waals surface area contributed by atoms with Crippen LogP contribution in [0, 0.1) is 0 Å². The Morgan fingerprint density at radius 3 is 2.35 bits per heavy atom. The Hall–Kier alpha value is -1.49. The van der Waals surface area contributed by atoms with Crippen molar-refractivity contribution in [3.8, 4) is 0 Å². The summed E-state index contributed by atoms with van der Waals surface area (Å²) in [6, 6.07) is 13.6.